The van der Waals surface area contributed by atoms with Crippen LogP contribution < -0.4 is 15.8 Å². The number of primary amides is 1. The molecular weight excluding hydrogens is 458 g/mol. The fourth-order valence-corrected chi connectivity index (χ4v) is 4.59. The van der Waals surface area contributed by atoms with Gasteiger partial charge in [-0.05, 0) is 61.4 Å². The lowest BCUT2D eigenvalue weighted by molar-refractivity contribution is -0.127. The molecule has 0 fully saturated rings. The zero-order chi connectivity index (χ0) is 24.0. The minimum absolute atomic E-state index is 0.221. The number of rotatable bonds is 9. The normalized spacial score (nSPS) is 12.1. The van der Waals surface area contributed by atoms with Gasteiger partial charge in [-0.15, -0.1) is 22.7 Å². The van der Waals surface area contributed by atoms with Gasteiger partial charge in [0.1, 0.15) is 11.8 Å². The number of hydrogen-bond acceptors (Lipinski definition) is 6. The Labute approximate surface area is 201 Å². The van der Waals surface area contributed by atoms with Crippen LogP contribution in [0.4, 0.5) is 0 Å². The van der Waals surface area contributed by atoms with Crippen LogP contribution >= 0.6 is 22.7 Å². The molecule has 3 aromatic rings. The minimum atomic E-state index is -0.869. The van der Waals surface area contributed by atoms with Crippen molar-refractivity contribution in [1.82, 2.24) is 10.2 Å². The Balaban J connectivity index is 2.01. The van der Waals surface area contributed by atoms with E-state index in [9.17, 15) is 14.4 Å². The standard InChI is InChI=1S/C24H27N3O4S2/c1-24(2,3)26-22(29)21(16-8-10-17(11-9-16)31-15-20(25)28)27(14-18-6-4-12-32-18)23(30)19-7-5-13-33-19/h4-13,21H,14-15H2,1-3H3,(H2,25,28)(H,26,29)/t21-/m0/s1. The number of amides is 3. The van der Waals surface area contributed by atoms with E-state index >= 15 is 0 Å². The highest BCUT2D eigenvalue weighted by Gasteiger charge is 2.34. The van der Waals surface area contributed by atoms with E-state index in [1.165, 1.54) is 22.7 Å². The molecule has 0 aliphatic rings. The van der Waals surface area contributed by atoms with Crippen LogP contribution in [0.25, 0.3) is 0 Å². The monoisotopic (exact) mass is 485 g/mol. The first kappa shape index (κ1) is 24.5. The van der Waals surface area contributed by atoms with Crippen LogP contribution in [-0.2, 0) is 16.1 Å². The number of thiophene rings is 2. The van der Waals surface area contributed by atoms with Crippen LogP contribution in [0.2, 0.25) is 0 Å². The van der Waals surface area contributed by atoms with Crippen molar-refractivity contribution in [2.45, 2.75) is 38.9 Å². The first-order chi connectivity index (χ1) is 15.6. The molecule has 174 valence electrons. The van der Waals surface area contributed by atoms with Crippen LogP contribution in [0.1, 0.15) is 46.9 Å². The minimum Gasteiger partial charge on any atom is -0.484 e. The molecule has 3 N–H and O–H groups in total. The van der Waals surface area contributed by atoms with Gasteiger partial charge in [-0.2, -0.15) is 0 Å². The summed E-state index contributed by atoms with van der Waals surface area (Å²) < 4.78 is 5.34. The third-order valence-electron chi connectivity index (χ3n) is 4.53. The molecule has 2 aromatic heterocycles. The lowest BCUT2D eigenvalue weighted by Crippen LogP contribution is -2.49. The van der Waals surface area contributed by atoms with E-state index in [0.717, 1.165) is 4.88 Å². The smallest absolute Gasteiger partial charge is 0.265 e. The highest BCUT2D eigenvalue weighted by molar-refractivity contribution is 7.12. The maximum atomic E-state index is 13.5. The highest BCUT2D eigenvalue weighted by Crippen LogP contribution is 2.30. The number of ether oxygens (including phenoxy) is 1. The van der Waals surface area contributed by atoms with Crippen LogP contribution in [0.3, 0.4) is 0 Å². The Morgan fingerprint density at radius 2 is 1.70 bits per heavy atom. The molecule has 3 rings (SSSR count). The Bertz CT molecular complexity index is 1070. The molecule has 0 saturated heterocycles. The van der Waals surface area contributed by atoms with Gasteiger partial charge >= 0.3 is 0 Å². The molecule has 0 unspecified atom stereocenters. The molecule has 2 heterocycles. The summed E-state index contributed by atoms with van der Waals surface area (Å²) in [6.07, 6.45) is 0. The van der Waals surface area contributed by atoms with Crippen molar-refractivity contribution in [2.75, 3.05) is 6.61 Å². The van der Waals surface area contributed by atoms with E-state index in [1.807, 2.05) is 49.7 Å². The van der Waals surface area contributed by atoms with Gasteiger partial charge in [-0.3, -0.25) is 14.4 Å². The van der Waals surface area contributed by atoms with Crippen LogP contribution in [0, 0.1) is 0 Å². The van der Waals surface area contributed by atoms with Gasteiger partial charge in [0.25, 0.3) is 11.8 Å². The number of carbonyl (C=O) groups is 3. The van der Waals surface area contributed by atoms with E-state index in [1.54, 1.807) is 35.2 Å². The highest BCUT2D eigenvalue weighted by atomic mass is 32.1. The van der Waals surface area contributed by atoms with Gasteiger partial charge in [0.2, 0.25) is 5.91 Å². The van der Waals surface area contributed by atoms with Gasteiger partial charge < -0.3 is 20.7 Å². The van der Waals surface area contributed by atoms with Crippen molar-refractivity contribution in [1.29, 1.82) is 0 Å². The Kier molecular flexibility index (Phi) is 7.88. The van der Waals surface area contributed by atoms with E-state index in [0.29, 0.717) is 16.2 Å². The maximum Gasteiger partial charge on any atom is 0.265 e. The van der Waals surface area contributed by atoms with E-state index in [-0.39, 0.29) is 25.0 Å². The molecule has 0 aliphatic heterocycles. The van der Waals surface area contributed by atoms with Crippen molar-refractivity contribution in [2.24, 2.45) is 5.73 Å². The van der Waals surface area contributed by atoms with Crippen LogP contribution in [0.5, 0.6) is 5.75 Å². The second kappa shape index (κ2) is 10.6. The van der Waals surface area contributed by atoms with Gasteiger partial charge in [-0.25, -0.2) is 0 Å². The summed E-state index contributed by atoms with van der Waals surface area (Å²) in [5.74, 6) is -0.636. The van der Waals surface area contributed by atoms with E-state index in [2.05, 4.69) is 5.32 Å². The second-order valence-electron chi connectivity index (χ2n) is 8.46. The Morgan fingerprint density at radius 1 is 1.03 bits per heavy atom. The summed E-state index contributed by atoms with van der Waals surface area (Å²) in [6.45, 7) is 5.74. The fraction of sp³-hybridized carbons (Fsp3) is 0.292. The molecule has 0 saturated carbocycles. The third kappa shape index (κ3) is 6.90. The lowest BCUT2D eigenvalue weighted by atomic mass is 10.0. The predicted octanol–water partition coefficient (Wildman–Crippen LogP) is 3.97. The third-order valence-corrected chi connectivity index (χ3v) is 6.25. The number of hydrogen-bond donors (Lipinski definition) is 2. The van der Waals surface area contributed by atoms with Crippen LogP contribution in [-0.4, -0.2) is 34.8 Å². The molecule has 1 aromatic carbocycles. The molecule has 7 nitrogen and oxygen atoms in total. The molecule has 33 heavy (non-hydrogen) atoms. The lowest BCUT2D eigenvalue weighted by Gasteiger charge is -2.33. The zero-order valence-corrected chi connectivity index (χ0v) is 20.4. The molecule has 0 spiro atoms. The number of benzene rings is 1. The van der Waals surface area contributed by atoms with E-state index in [4.69, 9.17) is 10.5 Å². The first-order valence-corrected chi connectivity index (χ1v) is 12.1. The molecule has 9 heteroatoms. The summed E-state index contributed by atoms with van der Waals surface area (Å²) in [5, 5.41) is 6.80. The van der Waals surface area contributed by atoms with Gasteiger partial charge in [0.15, 0.2) is 6.61 Å². The number of nitrogens with one attached hydrogen (secondary N) is 1. The van der Waals surface area contributed by atoms with Crippen molar-refractivity contribution in [3.05, 3.63) is 74.6 Å². The molecular formula is C24H27N3O4S2. The predicted molar refractivity (Wildman–Crippen MR) is 130 cm³/mol. The van der Waals surface area contributed by atoms with Crippen molar-refractivity contribution >= 4 is 40.4 Å². The quantitative estimate of drug-likeness (QED) is 0.479. The van der Waals surface area contributed by atoms with Gasteiger partial charge in [-0.1, -0.05) is 24.3 Å². The SMILES string of the molecule is CC(C)(C)NC(=O)[C@H](c1ccc(OCC(N)=O)cc1)N(Cc1cccs1)C(=O)c1cccs1. The van der Waals surface area contributed by atoms with Crippen molar-refractivity contribution in [3.63, 3.8) is 0 Å². The number of nitrogens with zero attached hydrogens (tertiary/aromatic N) is 1. The van der Waals surface area contributed by atoms with Gasteiger partial charge in [0.05, 0.1) is 11.4 Å². The molecule has 1 atom stereocenters. The summed E-state index contributed by atoms with van der Waals surface area (Å²) >= 11 is 2.87. The zero-order valence-electron chi connectivity index (χ0n) is 18.7. The number of carbonyl (C=O) groups excluding carboxylic acids is 3. The topological polar surface area (TPSA) is 102 Å². The molecule has 0 bridgehead atoms. The number of nitrogens with two attached hydrogens (primary N) is 1. The summed E-state index contributed by atoms with van der Waals surface area (Å²) in [6, 6.07) is 13.3. The summed E-state index contributed by atoms with van der Waals surface area (Å²) in [5.41, 5.74) is 5.29. The molecule has 0 aliphatic carbocycles. The van der Waals surface area contributed by atoms with E-state index < -0.39 is 17.5 Å². The van der Waals surface area contributed by atoms with Crippen LogP contribution in [0.15, 0.2) is 59.3 Å². The Morgan fingerprint density at radius 3 is 2.24 bits per heavy atom. The Hall–Kier alpha value is -3.17. The largest absolute Gasteiger partial charge is 0.484 e. The maximum absolute atomic E-state index is 13.5. The summed E-state index contributed by atoms with van der Waals surface area (Å²) in [7, 11) is 0. The first-order valence-electron chi connectivity index (χ1n) is 10.3. The second-order valence-corrected chi connectivity index (χ2v) is 10.4. The summed E-state index contributed by atoms with van der Waals surface area (Å²) in [4.78, 5) is 41.2. The van der Waals surface area contributed by atoms with Crippen molar-refractivity contribution in [3.8, 4) is 5.75 Å². The molecule has 3 amide bonds. The average Bonchev–Trinajstić information content (AvgIpc) is 3.45. The van der Waals surface area contributed by atoms with Crippen molar-refractivity contribution < 1.29 is 19.1 Å². The van der Waals surface area contributed by atoms with Gasteiger partial charge in [0, 0.05) is 10.4 Å². The average molecular weight is 486 g/mol. The molecule has 0 radical (unpaired) electrons. The fourth-order valence-electron chi connectivity index (χ4n) is 3.20.